The van der Waals surface area contributed by atoms with Crippen molar-refractivity contribution in [1.82, 2.24) is 20.1 Å². The van der Waals surface area contributed by atoms with Crippen LogP contribution in [0.1, 0.15) is 17.5 Å². The number of hydrogen-bond acceptors (Lipinski definition) is 6. The zero-order chi connectivity index (χ0) is 26.0. The van der Waals surface area contributed by atoms with Crippen molar-refractivity contribution in [3.05, 3.63) is 83.7 Å². The Labute approximate surface area is 209 Å². The Hall–Kier alpha value is -4.12. The van der Waals surface area contributed by atoms with E-state index in [1.54, 1.807) is 18.5 Å². The summed E-state index contributed by atoms with van der Waals surface area (Å²) in [6.07, 6.45) is 4.21. The third kappa shape index (κ3) is 5.36. The van der Waals surface area contributed by atoms with Gasteiger partial charge in [-0.3, -0.25) is 20.0 Å². The largest absolute Gasteiger partial charge is 0.323 e. The van der Waals surface area contributed by atoms with Crippen LogP contribution in [0.3, 0.4) is 0 Å². The quantitative estimate of drug-likeness (QED) is 0.173. The van der Waals surface area contributed by atoms with Crippen LogP contribution < -0.4 is 5.84 Å². The Morgan fingerprint density at radius 1 is 1.14 bits per heavy atom. The summed E-state index contributed by atoms with van der Waals surface area (Å²) in [5.41, 5.74) is 3.06. The topological polar surface area (TPSA) is 95.5 Å². The maximum atomic E-state index is 14.5. The second-order valence-electron chi connectivity index (χ2n) is 8.94. The van der Waals surface area contributed by atoms with E-state index in [9.17, 15) is 17.6 Å². The number of pyridine rings is 1. The predicted molar refractivity (Wildman–Crippen MR) is 134 cm³/mol. The number of rotatable bonds is 6. The third-order valence-electron chi connectivity index (χ3n) is 6.26. The van der Waals surface area contributed by atoms with Crippen LogP contribution in [0.5, 0.6) is 0 Å². The molecule has 1 saturated heterocycles. The van der Waals surface area contributed by atoms with Crippen LogP contribution in [0.4, 0.5) is 17.6 Å². The fraction of sp³-hybridized carbons (Fsp3) is 0.231. The molecule has 4 aromatic rings. The minimum Gasteiger partial charge on any atom is -0.323 e. The lowest BCUT2D eigenvalue weighted by Gasteiger charge is -2.36. The zero-order valence-corrected chi connectivity index (χ0v) is 19.6. The Kier molecular flexibility index (Phi) is 6.70. The van der Waals surface area contributed by atoms with E-state index in [-0.39, 0.29) is 18.7 Å². The second-order valence-corrected chi connectivity index (χ2v) is 8.94. The molecular weight excluding hydrogens is 486 g/mol. The smallest absolute Gasteiger partial charge is 0.262 e. The number of nitrogens with zero attached hydrogens (tertiary/aromatic N) is 5. The SMILES string of the molecule is NN=C(C=NC1CN(Cc2c(F)cccc2F)CC(F)(F)C1)c1ccc2[nH]nc(-c3ccncc3)c2c1. The number of nitrogens with two attached hydrogens (primary N) is 1. The number of benzene rings is 2. The van der Waals surface area contributed by atoms with Crippen LogP contribution in [-0.2, 0) is 6.54 Å². The Balaban J connectivity index is 1.37. The highest BCUT2D eigenvalue weighted by Crippen LogP contribution is 2.30. The lowest BCUT2D eigenvalue weighted by molar-refractivity contribution is -0.0726. The first-order valence-corrected chi connectivity index (χ1v) is 11.6. The molecule has 5 rings (SSSR count). The van der Waals surface area contributed by atoms with Crippen LogP contribution in [0.15, 0.2) is 71.0 Å². The summed E-state index contributed by atoms with van der Waals surface area (Å²) >= 11 is 0. The maximum Gasteiger partial charge on any atom is 0.262 e. The van der Waals surface area contributed by atoms with Gasteiger partial charge >= 0.3 is 0 Å². The maximum absolute atomic E-state index is 14.5. The zero-order valence-electron chi connectivity index (χ0n) is 19.6. The molecule has 7 nitrogen and oxygen atoms in total. The van der Waals surface area contributed by atoms with Crippen molar-refractivity contribution in [2.24, 2.45) is 15.9 Å². The van der Waals surface area contributed by atoms with Gasteiger partial charge in [-0.15, -0.1) is 0 Å². The number of nitrogens with one attached hydrogen (secondary N) is 1. The fourth-order valence-corrected chi connectivity index (χ4v) is 4.55. The first kappa shape index (κ1) is 24.6. The molecule has 0 aliphatic carbocycles. The summed E-state index contributed by atoms with van der Waals surface area (Å²) < 4.78 is 57.2. The number of fused-ring (bicyclic) bond motifs is 1. The number of aromatic nitrogens is 3. The van der Waals surface area contributed by atoms with Crippen LogP contribution in [0, 0.1) is 11.6 Å². The van der Waals surface area contributed by atoms with E-state index in [1.807, 2.05) is 24.3 Å². The van der Waals surface area contributed by atoms with Gasteiger partial charge in [-0.1, -0.05) is 12.1 Å². The summed E-state index contributed by atoms with van der Waals surface area (Å²) in [6.45, 7) is -0.795. The highest BCUT2D eigenvalue weighted by Gasteiger charge is 2.40. The van der Waals surface area contributed by atoms with E-state index in [0.717, 1.165) is 34.3 Å². The van der Waals surface area contributed by atoms with Crippen molar-refractivity contribution in [1.29, 1.82) is 0 Å². The van der Waals surface area contributed by atoms with Crippen molar-refractivity contribution in [2.75, 3.05) is 13.1 Å². The number of likely N-dealkylation sites (tertiary alicyclic amines) is 1. The number of aromatic amines is 1. The number of piperidine rings is 1. The molecule has 2 aromatic carbocycles. The molecule has 0 saturated carbocycles. The summed E-state index contributed by atoms with van der Waals surface area (Å²) in [7, 11) is 0. The molecule has 190 valence electrons. The second kappa shape index (κ2) is 10.1. The lowest BCUT2D eigenvalue weighted by Crippen LogP contribution is -2.48. The van der Waals surface area contributed by atoms with Crippen molar-refractivity contribution in [2.45, 2.75) is 24.9 Å². The molecule has 3 heterocycles. The molecular formula is C26H23F4N7. The molecule has 0 spiro atoms. The minimum atomic E-state index is -3.07. The summed E-state index contributed by atoms with van der Waals surface area (Å²) in [5, 5.41) is 12.0. The third-order valence-corrected chi connectivity index (χ3v) is 6.26. The summed E-state index contributed by atoms with van der Waals surface area (Å²) in [6, 6.07) is 11.7. The van der Waals surface area contributed by atoms with Gasteiger partial charge in [-0.2, -0.15) is 10.2 Å². The van der Waals surface area contributed by atoms with Gasteiger partial charge in [0.2, 0.25) is 0 Å². The monoisotopic (exact) mass is 509 g/mol. The molecule has 1 aliphatic heterocycles. The molecule has 0 radical (unpaired) electrons. The fourth-order valence-electron chi connectivity index (χ4n) is 4.55. The first-order valence-electron chi connectivity index (χ1n) is 11.6. The average molecular weight is 510 g/mol. The van der Waals surface area contributed by atoms with Crippen molar-refractivity contribution in [3.8, 4) is 11.3 Å². The molecule has 1 fully saturated rings. The van der Waals surface area contributed by atoms with E-state index >= 15 is 0 Å². The molecule has 1 unspecified atom stereocenters. The van der Waals surface area contributed by atoms with E-state index in [0.29, 0.717) is 11.3 Å². The molecule has 0 bridgehead atoms. The van der Waals surface area contributed by atoms with Crippen molar-refractivity contribution < 1.29 is 17.6 Å². The van der Waals surface area contributed by atoms with Crippen LogP contribution in [-0.4, -0.2) is 57.1 Å². The molecule has 37 heavy (non-hydrogen) atoms. The number of hydrazone groups is 1. The lowest BCUT2D eigenvalue weighted by atomic mass is 10.0. The normalized spacial score (nSPS) is 18.6. The molecule has 0 amide bonds. The summed E-state index contributed by atoms with van der Waals surface area (Å²) in [4.78, 5) is 9.67. The van der Waals surface area contributed by atoms with Crippen LogP contribution >= 0.6 is 0 Å². The standard InChI is InChI=1S/C26H23F4N7/c27-21-2-1-3-22(28)20(21)14-37-13-18(11-26(29,30)15-37)33-12-24(34-31)17-4-5-23-19(10-17)25(36-35-23)16-6-8-32-9-7-16/h1-10,12,18H,11,13-15,31H2,(H,35,36). The minimum absolute atomic E-state index is 0.102. The van der Waals surface area contributed by atoms with E-state index in [1.165, 1.54) is 17.2 Å². The highest BCUT2D eigenvalue weighted by atomic mass is 19.3. The average Bonchev–Trinajstić information content (AvgIpc) is 3.30. The Bertz CT molecular complexity index is 1450. The molecule has 11 heteroatoms. The number of aliphatic imine (C=N–C) groups is 1. The van der Waals surface area contributed by atoms with Gasteiger partial charge < -0.3 is 5.84 Å². The summed E-state index contributed by atoms with van der Waals surface area (Å²) in [5.74, 6) is 1.01. The van der Waals surface area contributed by atoms with E-state index < -0.39 is 36.6 Å². The number of H-pyrrole nitrogens is 1. The Morgan fingerprint density at radius 3 is 2.62 bits per heavy atom. The first-order chi connectivity index (χ1) is 17.8. The molecule has 3 N–H and O–H groups in total. The van der Waals surface area contributed by atoms with Crippen LogP contribution in [0.2, 0.25) is 0 Å². The van der Waals surface area contributed by atoms with Crippen LogP contribution in [0.25, 0.3) is 22.2 Å². The molecule has 2 aromatic heterocycles. The molecule has 1 aliphatic rings. The predicted octanol–water partition coefficient (Wildman–Crippen LogP) is 4.55. The molecule has 1 atom stereocenters. The van der Waals surface area contributed by atoms with E-state index in [4.69, 9.17) is 5.84 Å². The van der Waals surface area contributed by atoms with Gasteiger partial charge in [0, 0.05) is 60.2 Å². The number of alkyl halides is 2. The van der Waals surface area contributed by atoms with Gasteiger partial charge in [0.15, 0.2) is 0 Å². The van der Waals surface area contributed by atoms with E-state index in [2.05, 4.69) is 25.3 Å². The van der Waals surface area contributed by atoms with Gasteiger partial charge in [0.25, 0.3) is 5.92 Å². The van der Waals surface area contributed by atoms with Gasteiger partial charge in [0.1, 0.15) is 23.0 Å². The van der Waals surface area contributed by atoms with Gasteiger partial charge in [0.05, 0.1) is 18.1 Å². The highest BCUT2D eigenvalue weighted by molar-refractivity contribution is 6.38. The Morgan fingerprint density at radius 2 is 1.89 bits per heavy atom. The van der Waals surface area contributed by atoms with Gasteiger partial charge in [-0.25, -0.2) is 17.6 Å². The van der Waals surface area contributed by atoms with Crippen molar-refractivity contribution in [3.63, 3.8) is 0 Å². The number of hydrogen-bond donors (Lipinski definition) is 2. The van der Waals surface area contributed by atoms with Gasteiger partial charge in [-0.05, 0) is 36.4 Å². The van der Waals surface area contributed by atoms with Crippen molar-refractivity contribution >= 4 is 22.8 Å². The number of halogens is 4.